The number of furan rings is 1. The number of benzene rings is 1. The molecule has 6 heteroatoms. The van der Waals surface area contributed by atoms with Gasteiger partial charge in [0.2, 0.25) is 11.8 Å². The number of nitrogens with one attached hydrogen (secondary N) is 1. The van der Waals surface area contributed by atoms with Crippen LogP contribution < -0.4 is 10.1 Å². The van der Waals surface area contributed by atoms with Crippen LogP contribution in [0.3, 0.4) is 0 Å². The summed E-state index contributed by atoms with van der Waals surface area (Å²) in [6.45, 7) is 2.23. The summed E-state index contributed by atoms with van der Waals surface area (Å²) in [6, 6.07) is 11.2. The van der Waals surface area contributed by atoms with Crippen LogP contribution in [-0.2, 0) is 22.6 Å². The van der Waals surface area contributed by atoms with Gasteiger partial charge in [-0.3, -0.25) is 9.59 Å². The van der Waals surface area contributed by atoms with Crippen LogP contribution in [0.25, 0.3) is 0 Å². The monoisotopic (exact) mass is 330 g/mol. The molecule has 128 valence electrons. The molecular weight excluding hydrogens is 308 g/mol. The maximum Gasteiger partial charge on any atom is 0.239 e. The van der Waals surface area contributed by atoms with Crippen molar-refractivity contribution >= 4 is 11.8 Å². The summed E-state index contributed by atoms with van der Waals surface area (Å²) in [6.07, 6.45) is 2.24. The van der Waals surface area contributed by atoms with E-state index in [9.17, 15) is 9.59 Å². The number of hydrogen-bond acceptors (Lipinski definition) is 4. The zero-order valence-corrected chi connectivity index (χ0v) is 14.0. The van der Waals surface area contributed by atoms with Crippen molar-refractivity contribution in [3.63, 3.8) is 0 Å². The molecule has 0 spiro atoms. The molecule has 2 aromatic rings. The fourth-order valence-corrected chi connectivity index (χ4v) is 2.27. The topological polar surface area (TPSA) is 71.8 Å². The van der Waals surface area contributed by atoms with Crippen LogP contribution in [0, 0.1) is 0 Å². The van der Waals surface area contributed by atoms with Gasteiger partial charge >= 0.3 is 0 Å². The molecule has 1 aromatic carbocycles. The first-order valence-corrected chi connectivity index (χ1v) is 7.76. The second kappa shape index (κ2) is 8.76. The number of nitrogens with zero attached hydrogens (tertiary/aromatic N) is 1. The summed E-state index contributed by atoms with van der Waals surface area (Å²) in [5.41, 5.74) is 1.08. The second-order valence-electron chi connectivity index (χ2n) is 5.41. The highest BCUT2D eigenvalue weighted by Crippen LogP contribution is 2.12. The first-order chi connectivity index (χ1) is 11.6. The average molecular weight is 330 g/mol. The van der Waals surface area contributed by atoms with Gasteiger partial charge in [-0.1, -0.05) is 12.1 Å². The molecule has 0 aliphatic heterocycles. The van der Waals surface area contributed by atoms with Crippen LogP contribution in [0.15, 0.2) is 47.1 Å². The van der Waals surface area contributed by atoms with E-state index in [0.717, 1.165) is 11.3 Å². The molecule has 0 saturated heterocycles. The molecule has 0 unspecified atom stereocenters. The summed E-state index contributed by atoms with van der Waals surface area (Å²) in [4.78, 5) is 25.1. The molecule has 0 fully saturated rings. The van der Waals surface area contributed by atoms with Crippen LogP contribution in [0.1, 0.15) is 18.2 Å². The molecule has 0 radical (unpaired) electrons. The Bertz CT molecular complexity index is 667. The molecule has 0 bridgehead atoms. The van der Waals surface area contributed by atoms with Crippen LogP contribution in [-0.4, -0.2) is 36.9 Å². The summed E-state index contributed by atoms with van der Waals surface area (Å²) in [5, 5.41) is 2.83. The molecular formula is C18H22N2O4. The lowest BCUT2D eigenvalue weighted by Crippen LogP contribution is -2.39. The van der Waals surface area contributed by atoms with E-state index in [-0.39, 0.29) is 24.9 Å². The highest BCUT2D eigenvalue weighted by molar-refractivity contribution is 5.83. The summed E-state index contributed by atoms with van der Waals surface area (Å²) in [7, 11) is 1.62. The molecule has 1 heterocycles. The predicted molar refractivity (Wildman–Crippen MR) is 89.5 cm³/mol. The molecule has 24 heavy (non-hydrogen) atoms. The third-order valence-corrected chi connectivity index (χ3v) is 3.58. The maximum absolute atomic E-state index is 12.0. The largest absolute Gasteiger partial charge is 0.497 e. The Kier molecular flexibility index (Phi) is 6.42. The van der Waals surface area contributed by atoms with Crippen molar-refractivity contribution in [1.82, 2.24) is 10.2 Å². The third-order valence-electron chi connectivity index (χ3n) is 3.58. The lowest BCUT2D eigenvalue weighted by Gasteiger charge is -2.19. The Morgan fingerprint density at radius 2 is 2.08 bits per heavy atom. The quantitative estimate of drug-likeness (QED) is 0.803. The minimum atomic E-state index is -0.195. The van der Waals surface area contributed by atoms with Crippen molar-refractivity contribution in [1.29, 1.82) is 0 Å². The lowest BCUT2D eigenvalue weighted by atomic mass is 10.1. The van der Waals surface area contributed by atoms with Crippen LogP contribution in [0.5, 0.6) is 5.75 Å². The fourth-order valence-electron chi connectivity index (χ4n) is 2.27. The van der Waals surface area contributed by atoms with Gasteiger partial charge in [-0.2, -0.15) is 0 Å². The number of carbonyl (C=O) groups excluding carboxylic acids is 2. The van der Waals surface area contributed by atoms with Gasteiger partial charge in [-0.05, 0) is 36.2 Å². The van der Waals surface area contributed by atoms with E-state index in [1.807, 2.05) is 24.3 Å². The number of rotatable bonds is 8. The molecule has 0 saturated carbocycles. The number of carbonyl (C=O) groups is 2. The maximum atomic E-state index is 12.0. The van der Waals surface area contributed by atoms with Crippen molar-refractivity contribution in [3.8, 4) is 5.75 Å². The third kappa shape index (κ3) is 5.46. The lowest BCUT2D eigenvalue weighted by molar-refractivity contribution is -0.135. The summed E-state index contributed by atoms with van der Waals surface area (Å²) >= 11 is 0. The van der Waals surface area contributed by atoms with Gasteiger partial charge in [0.25, 0.3) is 0 Å². The van der Waals surface area contributed by atoms with Crippen molar-refractivity contribution in [3.05, 3.63) is 54.0 Å². The minimum Gasteiger partial charge on any atom is -0.497 e. The van der Waals surface area contributed by atoms with Crippen molar-refractivity contribution in [2.75, 3.05) is 20.2 Å². The number of hydrogen-bond donors (Lipinski definition) is 1. The molecule has 2 rings (SSSR count). The van der Waals surface area contributed by atoms with E-state index < -0.39 is 0 Å². The van der Waals surface area contributed by atoms with Crippen LogP contribution in [0.2, 0.25) is 0 Å². The van der Waals surface area contributed by atoms with Gasteiger partial charge in [0.15, 0.2) is 0 Å². The molecule has 0 aliphatic carbocycles. The highest BCUT2D eigenvalue weighted by atomic mass is 16.5. The molecule has 1 aromatic heterocycles. The molecule has 1 N–H and O–H groups in total. The van der Waals surface area contributed by atoms with Gasteiger partial charge in [-0.25, -0.2) is 0 Å². The Balaban J connectivity index is 1.79. The van der Waals surface area contributed by atoms with Gasteiger partial charge in [0.1, 0.15) is 11.5 Å². The van der Waals surface area contributed by atoms with Crippen molar-refractivity contribution < 1.29 is 18.7 Å². The van der Waals surface area contributed by atoms with Gasteiger partial charge in [-0.15, -0.1) is 0 Å². The van der Waals surface area contributed by atoms with E-state index in [0.29, 0.717) is 18.7 Å². The zero-order chi connectivity index (χ0) is 17.4. The molecule has 0 atom stereocenters. The zero-order valence-electron chi connectivity index (χ0n) is 14.0. The highest BCUT2D eigenvalue weighted by Gasteiger charge is 2.15. The molecule has 6 nitrogen and oxygen atoms in total. The summed E-state index contributed by atoms with van der Waals surface area (Å²) < 4.78 is 10.4. The van der Waals surface area contributed by atoms with E-state index in [4.69, 9.17) is 9.15 Å². The Hall–Kier alpha value is -2.76. The van der Waals surface area contributed by atoms with E-state index >= 15 is 0 Å². The van der Waals surface area contributed by atoms with Crippen molar-refractivity contribution in [2.24, 2.45) is 0 Å². The van der Waals surface area contributed by atoms with Crippen LogP contribution in [0.4, 0.5) is 0 Å². The minimum absolute atomic E-state index is 0.00808. The first-order valence-electron chi connectivity index (χ1n) is 7.76. The van der Waals surface area contributed by atoms with E-state index in [1.165, 1.54) is 11.8 Å². The Labute approximate surface area is 141 Å². The smallest absolute Gasteiger partial charge is 0.239 e. The number of methoxy groups -OCH3 is 1. The van der Waals surface area contributed by atoms with Crippen LogP contribution >= 0.6 is 0 Å². The normalized spacial score (nSPS) is 10.2. The first kappa shape index (κ1) is 17.6. The SMILES string of the molecule is COc1cccc(CCNC(=O)CN(Cc2ccco2)C(C)=O)c1. The Morgan fingerprint density at radius 3 is 2.75 bits per heavy atom. The van der Waals surface area contributed by atoms with Gasteiger partial charge < -0.3 is 19.4 Å². The second-order valence-corrected chi connectivity index (χ2v) is 5.41. The fraction of sp³-hybridized carbons (Fsp3) is 0.333. The average Bonchev–Trinajstić information content (AvgIpc) is 3.07. The van der Waals surface area contributed by atoms with Gasteiger partial charge in [0.05, 0.1) is 26.5 Å². The number of ether oxygens (including phenoxy) is 1. The summed E-state index contributed by atoms with van der Waals surface area (Å²) in [5.74, 6) is 1.07. The van der Waals surface area contributed by atoms with Gasteiger partial charge in [0, 0.05) is 13.5 Å². The molecule has 2 amide bonds. The number of amides is 2. The van der Waals surface area contributed by atoms with Crippen molar-refractivity contribution in [2.45, 2.75) is 19.9 Å². The Morgan fingerprint density at radius 1 is 1.25 bits per heavy atom. The van der Waals surface area contributed by atoms with E-state index in [2.05, 4.69) is 5.32 Å². The standard InChI is InChI=1S/C18H22N2O4/c1-14(21)20(12-17-7-4-10-24-17)13-18(22)19-9-8-15-5-3-6-16(11-15)23-2/h3-7,10-11H,8-9,12-13H2,1-2H3,(H,19,22). The molecule has 0 aliphatic rings. The predicted octanol–water partition coefficient (Wildman–Crippen LogP) is 2.00. The van der Waals surface area contributed by atoms with E-state index in [1.54, 1.807) is 25.5 Å².